The molecule has 2 rings (SSSR count). The van der Waals surface area contributed by atoms with Crippen LogP contribution in [0.2, 0.25) is 0 Å². The summed E-state index contributed by atoms with van der Waals surface area (Å²) >= 11 is 29.1. The van der Waals surface area contributed by atoms with Gasteiger partial charge in [-0.2, -0.15) is 0 Å². The molecule has 2 nitrogen and oxygen atoms in total. The Morgan fingerprint density at radius 3 is 2.56 bits per heavy atom. The summed E-state index contributed by atoms with van der Waals surface area (Å²) in [5.41, 5.74) is 1.86. The highest BCUT2D eigenvalue weighted by Gasteiger charge is 2.25. The van der Waals surface area contributed by atoms with Gasteiger partial charge in [-0.15, -0.1) is 0 Å². The standard InChI is InChI=1S/C9H5Cl5N2/c10-8-4-16(14)7-2-1-5(9(11,12)13)3-6(7)15-8/h1-3H,4H2. The Balaban J connectivity index is 2.52. The van der Waals surface area contributed by atoms with E-state index in [-0.39, 0.29) is 0 Å². The fourth-order valence-electron chi connectivity index (χ4n) is 1.36. The molecule has 0 saturated heterocycles. The van der Waals surface area contributed by atoms with E-state index in [9.17, 15) is 0 Å². The van der Waals surface area contributed by atoms with Gasteiger partial charge in [0.1, 0.15) is 5.17 Å². The van der Waals surface area contributed by atoms with Gasteiger partial charge in [-0.25, -0.2) is 4.99 Å². The zero-order valence-electron chi connectivity index (χ0n) is 7.72. The third-order valence-electron chi connectivity index (χ3n) is 2.08. The molecule has 0 saturated carbocycles. The molecule has 0 fully saturated rings. The Labute approximate surface area is 118 Å². The Hall–Kier alpha value is 0.140. The second-order valence-electron chi connectivity index (χ2n) is 3.21. The monoisotopic (exact) mass is 316 g/mol. The van der Waals surface area contributed by atoms with Crippen LogP contribution in [-0.4, -0.2) is 11.7 Å². The molecule has 16 heavy (non-hydrogen) atoms. The zero-order valence-corrected chi connectivity index (χ0v) is 11.5. The van der Waals surface area contributed by atoms with Gasteiger partial charge in [-0.1, -0.05) is 52.5 Å². The van der Waals surface area contributed by atoms with Crippen LogP contribution in [0.15, 0.2) is 23.2 Å². The van der Waals surface area contributed by atoms with Crippen molar-refractivity contribution in [2.24, 2.45) is 4.99 Å². The van der Waals surface area contributed by atoms with Gasteiger partial charge < -0.3 is 0 Å². The van der Waals surface area contributed by atoms with Crippen LogP contribution >= 0.6 is 58.2 Å². The number of anilines is 1. The number of hydrogen-bond donors (Lipinski definition) is 0. The Bertz CT molecular complexity index is 452. The van der Waals surface area contributed by atoms with E-state index < -0.39 is 3.79 Å². The maximum absolute atomic E-state index is 5.98. The quantitative estimate of drug-likeness (QED) is 0.497. The van der Waals surface area contributed by atoms with Crippen molar-refractivity contribution in [2.45, 2.75) is 3.79 Å². The minimum Gasteiger partial charge on any atom is -0.276 e. The lowest BCUT2D eigenvalue weighted by molar-refractivity contribution is 1.17. The first-order chi connectivity index (χ1) is 7.38. The second kappa shape index (κ2) is 4.43. The maximum Gasteiger partial charge on any atom is 0.216 e. The van der Waals surface area contributed by atoms with Gasteiger partial charge in [0.15, 0.2) is 0 Å². The molecule has 86 valence electrons. The highest BCUT2D eigenvalue weighted by Crippen LogP contribution is 2.43. The van der Waals surface area contributed by atoms with Crippen molar-refractivity contribution in [1.29, 1.82) is 0 Å². The van der Waals surface area contributed by atoms with Gasteiger partial charge in [-0.3, -0.25) is 4.42 Å². The molecule has 0 amide bonds. The molecule has 0 unspecified atom stereocenters. The van der Waals surface area contributed by atoms with Crippen LogP contribution in [0.4, 0.5) is 11.4 Å². The van der Waals surface area contributed by atoms with E-state index in [1.165, 1.54) is 4.42 Å². The van der Waals surface area contributed by atoms with Crippen LogP contribution in [0.5, 0.6) is 0 Å². The van der Waals surface area contributed by atoms with Crippen molar-refractivity contribution in [3.8, 4) is 0 Å². The average Bonchev–Trinajstić information content (AvgIpc) is 2.15. The Kier molecular flexibility index (Phi) is 3.49. The second-order valence-corrected chi connectivity index (χ2v) is 6.34. The first kappa shape index (κ1) is 12.6. The highest BCUT2D eigenvalue weighted by atomic mass is 35.6. The van der Waals surface area contributed by atoms with Gasteiger partial charge in [0.2, 0.25) is 3.79 Å². The summed E-state index contributed by atoms with van der Waals surface area (Å²) in [5, 5.41) is 0.393. The summed E-state index contributed by atoms with van der Waals surface area (Å²) in [7, 11) is 0. The summed E-state index contributed by atoms with van der Waals surface area (Å²) in [6.07, 6.45) is 0. The van der Waals surface area contributed by atoms with Crippen molar-refractivity contribution in [2.75, 3.05) is 11.0 Å². The maximum atomic E-state index is 5.98. The number of benzene rings is 1. The van der Waals surface area contributed by atoms with Crippen molar-refractivity contribution in [3.63, 3.8) is 0 Å². The van der Waals surface area contributed by atoms with E-state index in [4.69, 9.17) is 58.2 Å². The van der Waals surface area contributed by atoms with Crippen molar-refractivity contribution < 1.29 is 0 Å². The Morgan fingerprint density at radius 1 is 1.25 bits per heavy atom. The largest absolute Gasteiger partial charge is 0.276 e. The number of fused-ring (bicyclic) bond motifs is 1. The number of nitrogens with zero attached hydrogens (tertiary/aromatic N) is 2. The zero-order chi connectivity index (χ0) is 11.9. The lowest BCUT2D eigenvalue weighted by Crippen LogP contribution is -2.20. The molecule has 0 radical (unpaired) electrons. The third-order valence-corrected chi connectivity index (χ3v) is 3.24. The lowest BCUT2D eigenvalue weighted by atomic mass is 10.1. The molecule has 0 N–H and O–H groups in total. The topological polar surface area (TPSA) is 15.6 Å². The SMILES string of the molecule is ClC1=Nc2cc(C(Cl)(Cl)Cl)ccc2N(Cl)C1. The summed E-state index contributed by atoms with van der Waals surface area (Å²) in [4.78, 5) is 4.15. The smallest absolute Gasteiger partial charge is 0.216 e. The van der Waals surface area contributed by atoms with Crippen LogP contribution < -0.4 is 4.42 Å². The minimum absolute atomic E-state index is 0.364. The number of rotatable bonds is 0. The van der Waals surface area contributed by atoms with E-state index in [1.807, 2.05) is 0 Å². The first-order valence-electron chi connectivity index (χ1n) is 4.25. The number of alkyl halides is 3. The molecule has 7 heteroatoms. The van der Waals surface area contributed by atoms with Crippen molar-refractivity contribution in [1.82, 2.24) is 0 Å². The molecule has 1 aliphatic heterocycles. The van der Waals surface area contributed by atoms with Crippen LogP contribution in [0.3, 0.4) is 0 Å². The first-order valence-corrected chi connectivity index (χ1v) is 6.10. The van der Waals surface area contributed by atoms with Crippen molar-refractivity contribution >= 4 is 74.7 Å². The molecule has 1 aromatic rings. The minimum atomic E-state index is -1.48. The van der Waals surface area contributed by atoms with Gasteiger partial charge in [0.25, 0.3) is 0 Å². The lowest BCUT2D eigenvalue weighted by Gasteiger charge is -2.23. The van der Waals surface area contributed by atoms with Gasteiger partial charge in [0.05, 0.1) is 17.9 Å². The van der Waals surface area contributed by atoms with E-state index in [0.717, 1.165) is 5.69 Å². The molecule has 1 aliphatic rings. The highest BCUT2D eigenvalue weighted by molar-refractivity contribution is 6.67. The molecule has 1 heterocycles. The predicted octanol–water partition coefficient (Wildman–Crippen LogP) is 4.76. The summed E-state index contributed by atoms with van der Waals surface area (Å²) in [6.45, 7) is 0.364. The van der Waals surface area contributed by atoms with Gasteiger partial charge in [-0.05, 0) is 12.1 Å². The molecular formula is C9H5Cl5N2. The number of aliphatic imine (C=N–C) groups is 1. The number of hydrogen-bond acceptors (Lipinski definition) is 2. The average molecular weight is 318 g/mol. The fourth-order valence-corrected chi connectivity index (χ4v) is 2.24. The normalized spacial score (nSPS) is 15.8. The summed E-state index contributed by atoms with van der Waals surface area (Å²) < 4.78 is -0.0154. The predicted molar refractivity (Wildman–Crippen MR) is 71.8 cm³/mol. The van der Waals surface area contributed by atoms with Crippen LogP contribution in [0, 0.1) is 0 Å². The molecular weight excluding hydrogens is 313 g/mol. The molecule has 0 atom stereocenters. The van der Waals surface area contributed by atoms with Crippen LogP contribution in [0.1, 0.15) is 5.56 Å². The third kappa shape index (κ3) is 2.52. The van der Waals surface area contributed by atoms with Gasteiger partial charge in [0, 0.05) is 17.3 Å². The van der Waals surface area contributed by atoms with E-state index in [2.05, 4.69) is 4.99 Å². The van der Waals surface area contributed by atoms with E-state index >= 15 is 0 Å². The summed E-state index contributed by atoms with van der Waals surface area (Å²) in [6, 6.07) is 5.08. The van der Waals surface area contributed by atoms with E-state index in [0.29, 0.717) is 23.0 Å². The Morgan fingerprint density at radius 2 is 1.94 bits per heavy atom. The van der Waals surface area contributed by atoms with Crippen LogP contribution in [-0.2, 0) is 3.79 Å². The number of halogens is 5. The summed E-state index contributed by atoms with van der Waals surface area (Å²) in [5.74, 6) is 0. The fraction of sp³-hybridized carbons (Fsp3) is 0.222. The molecule has 0 bridgehead atoms. The van der Waals surface area contributed by atoms with Crippen molar-refractivity contribution in [3.05, 3.63) is 23.8 Å². The molecule has 1 aromatic carbocycles. The van der Waals surface area contributed by atoms with Crippen LogP contribution in [0.25, 0.3) is 0 Å². The molecule has 0 aromatic heterocycles. The van der Waals surface area contributed by atoms with E-state index in [1.54, 1.807) is 18.2 Å². The van der Waals surface area contributed by atoms with Gasteiger partial charge >= 0.3 is 0 Å². The molecule has 0 spiro atoms. The molecule has 0 aliphatic carbocycles.